The first-order valence-electron chi connectivity index (χ1n) is 11.3. The maximum Gasteiger partial charge on any atom is 0.405 e. The van der Waals surface area contributed by atoms with E-state index in [0.717, 1.165) is 4.70 Å². The van der Waals surface area contributed by atoms with Gasteiger partial charge in [0.25, 0.3) is 10.0 Å². The lowest BCUT2D eigenvalue weighted by molar-refractivity contribution is 0.0930. The summed E-state index contributed by atoms with van der Waals surface area (Å²) in [5.41, 5.74) is 8.22. The Kier molecular flexibility index (Phi) is 8.71. The fourth-order valence-corrected chi connectivity index (χ4v) is 6.35. The minimum atomic E-state index is -4.01. The predicted molar refractivity (Wildman–Crippen MR) is 142 cm³/mol. The summed E-state index contributed by atoms with van der Waals surface area (Å²) < 4.78 is 34.3. The number of nitrogens with two attached hydrogens (primary N) is 1. The number of carboxylic acid groups (broad SMARTS) is 1. The van der Waals surface area contributed by atoms with Crippen molar-refractivity contribution in [1.29, 1.82) is 0 Å². The van der Waals surface area contributed by atoms with Gasteiger partial charge in [-0.3, -0.25) is 9.79 Å². The number of aryl methyl sites for hydroxylation is 1. The second kappa shape index (κ2) is 11.6. The third-order valence-corrected chi connectivity index (χ3v) is 8.45. The normalized spacial score (nSPS) is 12.8. The highest BCUT2D eigenvalue weighted by atomic mass is 32.2. The summed E-state index contributed by atoms with van der Waals surface area (Å²) in [6.07, 6.45) is -0.944. The number of ketones is 1. The number of guanidine groups is 1. The van der Waals surface area contributed by atoms with Crippen molar-refractivity contribution >= 4 is 49.4 Å². The van der Waals surface area contributed by atoms with Gasteiger partial charge in [0.05, 0.1) is 28.3 Å². The molecule has 3 rings (SSSR count). The molecule has 0 bridgehead atoms. The number of carbonyl (C=O) groups is 2. The van der Waals surface area contributed by atoms with Crippen LogP contribution < -0.4 is 20.5 Å². The summed E-state index contributed by atoms with van der Waals surface area (Å²) in [6, 6.07) is 7.85. The molecule has 0 unspecified atom stereocenters. The zero-order valence-corrected chi connectivity index (χ0v) is 22.5. The minimum Gasteiger partial charge on any atom is -0.496 e. The van der Waals surface area contributed by atoms with Crippen LogP contribution in [0.3, 0.4) is 0 Å². The minimum absolute atomic E-state index is 0.0683. The number of thiazole rings is 1. The number of carbonyl (C=O) groups excluding carboxylic acids is 1. The van der Waals surface area contributed by atoms with Crippen LogP contribution in [0.1, 0.15) is 39.3 Å². The van der Waals surface area contributed by atoms with Crippen LogP contribution in [-0.4, -0.2) is 56.0 Å². The molecule has 5 N–H and O–H groups in total. The largest absolute Gasteiger partial charge is 0.496 e. The lowest BCUT2D eigenvalue weighted by Crippen LogP contribution is -2.40. The third kappa shape index (κ3) is 6.54. The molecule has 11 nitrogen and oxygen atoms in total. The number of aromatic nitrogens is 1. The van der Waals surface area contributed by atoms with Gasteiger partial charge in [0.15, 0.2) is 5.01 Å². The van der Waals surface area contributed by atoms with Gasteiger partial charge in [-0.2, -0.15) is 0 Å². The average molecular weight is 548 g/mol. The number of ether oxygens (including phenoxy) is 1. The average Bonchev–Trinajstić information content (AvgIpc) is 3.26. The summed E-state index contributed by atoms with van der Waals surface area (Å²) >= 11 is 1.19. The molecule has 1 amide bonds. The van der Waals surface area contributed by atoms with Crippen LogP contribution in [0.4, 0.5) is 4.79 Å². The Labute approximate surface area is 218 Å². The number of rotatable bonds is 10. The van der Waals surface area contributed by atoms with Crippen molar-refractivity contribution < 1.29 is 27.9 Å². The van der Waals surface area contributed by atoms with Crippen molar-refractivity contribution in [3.63, 3.8) is 0 Å². The maximum absolute atomic E-state index is 13.0. The molecule has 198 valence electrons. The first-order chi connectivity index (χ1) is 17.4. The standard InChI is InChI=1S/C24H29N5O6S2/c1-13-12-18(35-4)14(2)15(3)21(13)37(33,34)29-23(25)26-11-7-9-17(28-24(31)32)20(30)22-27-16-8-5-6-10-19(16)36-22/h5-6,8,10,12,17,28H,7,9,11H2,1-4H3,(H,31,32)(H3,25,26,29)/t17-/m0/s1. The fourth-order valence-electron chi connectivity index (χ4n) is 3.91. The van der Waals surface area contributed by atoms with Gasteiger partial charge in [-0.25, -0.2) is 22.9 Å². The SMILES string of the molecule is COc1cc(C)c(S(=O)(=O)NC(N)=NCCC[C@H](NC(=O)O)C(=O)c2nc3ccccc3s2)c(C)c1C. The first kappa shape index (κ1) is 27.9. The van der Waals surface area contributed by atoms with E-state index in [0.29, 0.717) is 28.0 Å². The molecule has 0 aliphatic rings. The number of hydrogen-bond donors (Lipinski definition) is 4. The number of para-hydroxylation sites is 1. The van der Waals surface area contributed by atoms with Crippen LogP contribution in [0.25, 0.3) is 10.2 Å². The number of benzene rings is 2. The molecule has 0 aliphatic heterocycles. The zero-order valence-electron chi connectivity index (χ0n) is 20.9. The van der Waals surface area contributed by atoms with Gasteiger partial charge in [0.1, 0.15) is 5.75 Å². The van der Waals surface area contributed by atoms with Gasteiger partial charge in [-0.05, 0) is 68.5 Å². The molecule has 0 saturated carbocycles. The van der Waals surface area contributed by atoms with Crippen LogP contribution in [0.2, 0.25) is 0 Å². The Morgan fingerprint density at radius 1 is 1.22 bits per heavy atom. The molecule has 37 heavy (non-hydrogen) atoms. The van der Waals surface area contributed by atoms with Crippen LogP contribution >= 0.6 is 11.3 Å². The molecule has 0 aliphatic carbocycles. The molecule has 13 heteroatoms. The lowest BCUT2D eigenvalue weighted by Gasteiger charge is -2.17. The second-order valence-electron chi connectivity index (χ2n) is 8.34. The number of aliphatic imine (C=N–C) groups is 1. The topological polar surface area (TPSA) is 173 Å². The van der Waals surface area contributed by atoms with Gasteiger partial charge in [0.2, 0.25) is 11.7 Å². The molecular formula is C24H29N5O6S2. The highest BCUT2D eigenvalue weighted by Crippen LogP contribution is 2.30. The van der Waals surface area contributed by atoms with Gasteiger partial charge >= 0.3 is 6.09 Å². The molecule has 0 radical (unpaired) electrons. The van der Waals surface area contributed by atoms with Crippen LogP contribution in [0, 0.1) is 20.8 Å². The smallest absolute Gasteiger partial charge is 0.405 e. The van der Waals surface area contributed by atoms with Crippen molar-refractivity contribution in [3.8, 4) is 5.75 Å². The predicted octanol–water partition coefficient (Wildman–Crippen LogP) is 3.12. The summed E-state index contributed by atoms with van der Waals surface area (Å²) in [5.74, 6) is -0.171. The van der Waals surface area contributed by atoms with E-state index in [4.69, 9.17) is 10.5 Å². The van der Waals surface area contributed by atoms with E-state index < -0.39 is 27.9 Å². The number of methoxy groups -OCH3 is 1. The third-order valence-electron chi connectivity index (χ3n) is 5.76. The Morgan fingerprint density at radius 3 is 2.57 bits per heavy atom. The number of amides is 1. The number of nitrogens with zero attached hydrogens (tertiary/aromatic N) is 2. The molecule has 1 atom stereocenters. The van der Waals surface area contributed by atoms with E-state index in [-0.39, 0.29) is 35.2 Å². The Hall–Kier alpha value is -3.71. The summed E-state index contributed by atoms with van der Waals surface area (Å²) in [7, 11) is -2.50. The van der Waals surface area contributed by atoms with E-state index in [1.807, 2.05) is 12.1 Å². The summed E-state index contributed by atoms with van der Waals surface area (Å²) in [5, 5.41) is 11.6. The van der Waals surface area contributed by atoms with Crippen LogP contribution in [-0.2, 0) is 10.0 Å². The summed E-state index contributed by atoms with van der Waals surface area (Å²) in [6.45, 7) is 5.18. The highest BCUT2D eigenvalue weighted by Gasteiger charge is 2.25. The number of hydrogen-bond acceptors (Lipinski definition) is 8. The van der Waals surface area contributed by atoms with Crippen molar-refractivity contribution in [2.24, 2.45) is 10.7 Å². The van der Waals surface area contributed by atoms with E-state index in [2.05, 4.69) is 20.0 Å². The second-order valence-corrected chi connectivity index (χ2v) is 11.0. The van der Waals surface area contributed by atoms with E-state index in [9.17, 15) is 23.1 Å². The molecule has 1 heterocycles. The number of nitrogens with one attached hydrogen (secondary N) is 2. The Balaban J connectivity index is 1.67. The quantitative estimate of drug-likeness (QED) is 0.130. The Bertz CT molecular complexity index is 1430. The van der Waals surface area contributed by atoms with Crippen LogP contribution in [0.15, 0.2) is 40.2 Å². The molecule has 1 aromatic heterocycles. The molecule has 2 aromatic carbocycles. The first-order valence-corrected chi connectivity index (χ1v) is 13.6. The van der Waals surface area contributed by atoms with E-state index in [1.54, 1.807) is 39.0 Å². The van der Waals surface area contributed by atoms with Gasteiger partial charge in [-0.1, -0.05) is 12.1 Å². The van der Waals surface area contributed by atoms with E-state index >= 15 is 0 Å². The molecule has 0 saturated heterocycles. The van der Waals surface area contributed by atoms with Gasteiger partial charge < -0.3 is 20.9 Å². The number of sulfonamides is 1. The maximum atomic E-state index is 13.0. The van der Waals surface area contributed by atoms with Crippen molar-refractivity contribution in [1.82, 2.24) is 15.0 Å². The van der Waals surface area contributed by atoms with Crippen molar-refractivity contribution in [2.45, 2.75) is 44.6 Å². The zero-order chi connectivity index (χ0) is 27.3. The van der Waals surface area contributed by atoms with Gasteiger partial charge in [-0.15, -0.1) is 11.3 Å². The Morgan fingerprint density at radius 2 is 1.92 bits per heavy atom. The molecular weight excluding hydrogens is 518 g/mol. The lowest BCUT2D eigenvalue weighted by atomic mass is 10.1. The molecule has 0 spiro atoms. The van der Waals surface area contributed by atoms with Crippen LogP contribution in [0.5, 0.6) is 5.75 Å². The number of Topliss-reactive ketones (excluding diaryl/α,β-unsaturated/α-hetero) is 1. The molecule has 0 fully saturated rings. The monoisotopic (exact) mass is 547 g/mol. The highest BCUT2D eigenvalue weighted by molar-refractivity contribution is 7.90. The van der Waals surface area contributed by atoms with Gasteiger partial charge in [0, 0.05) is 6.54 Å². The summed E-state index contributed by atoms with van der Waals surface area (Å²) in [4.78, 5) is 32.6. The number of fused-ring (bicyclic) bond motifs is 1. The van der Waals surface area contributed by atoms with Crippen molar-refractivity contribution in [3.05, 3.63) is 52.0 Å². The fraction of sp³-hybridized carbons (Fsp3) is 0.333. The molecule has 3 aromatic rings. The van der Waals surface area contributed by atoms with E-state index in [1.165, 1.54) is 18.4 Å². The van der Waals surface area contributed by atoms with Crippen molar-refractivity contribution in [2.75, 3.05) is 13.7 Å².